The normalized spacial score (nSPS) is 11.9. The van der Waals surface area contributed by atoms with E-state index in [4.69, 9.17) is 9.47 Å². The highest BCUT2D eigenvalue weighted by molar-refractivity contribution is 5.80. The van der Waals surface area contributed by atoms with Gasteiger partial charge in [-0.2, -0.15) is 0 Å². The van der Waals surface area contributed by atoms with Gasteiger partial charge in [0.05, 0.1) is 26.1 Å². The van der Waals surface area contributed by atoms with Crippen molar-refractivity contribution in [1.29, 1.82) is 0 Å². The topological polar surface area (TPSA) is 55.8 Å². The molecule has 1 atom stereocenters. The number of methoxy groups -OCH3 is 1. The maximum Gasteiger partial charge on any atom is 0.310 e. The number of hydrogen-bond donors (Lipinski definition) is 0. The van der Waals surface area contributed by atoms with E-state index in [0.29, 0.717) is 32.0 Å². The van der Waals surface area contributed by atoms with Crippen molar-refractivity contribution in [3.63, 3.8) is 0 Å². The number of ether oxygens (including phenoxy) is 2. The second-order valence-electron chi connectivity index (χ2n) is 6.70. The SMILES string of the molecule is CCOc1ccc(CC(=O)N(CCC(C)C)CC(C)C(=O)OC)cc1. The molecular weight excluding hydrogens is 318 g/mol. The molecule has 0 bridgehead atoms. The van der Waals surface area contributed by atoms with E-state index in [1.165, 1.54) is 7.11 Å². The molecule has 0 saturated heterocycles. The average molecular weight is 349 g/mol. The van der Waals surface area contributed by atoms with Crippen molar-refractivity contribution >= 4 is 11.9 Å². The predicted octanol–water partition coefficient (Wildman–Crippen LogP) is 3.31. The van der Waals surface area contributed by atoms with Crippen LogP contribution in [0.5, 0.6) is 5.75 Å². The summed E-state index contributed by atoms with van der Waals surface area (Å²) >= 11 is 0. The van der Waals surface area contributed by atoms with Gasteiger partial charge >= 0.3 is 5.97 Å². The van der Waals surface area contributed by atoms with Gasteiger partial charge in [0.25, 0.3) is 0 Å². The number of rotatable bonds is 10. The third kappa shape index (κ3) is 7.59. The van der Waals surface area contributed by atoms with Crippen LogP contribution in [-0.2, 0) is 20.7 Å². The van der Waals surface area contributed by atoms with Gasteiger partial charge in [0.1, 0.15) is 5.75 Å². The van der Waals surface area contributed by atoms with E-state index in [1.54, 1.807) is 11.8 Å². The molecule has 0 heterocycles. The molecule has 0 aliphatic carbocycles. The Balaban J connectivity index is 2.74. The molecule has 1 rings (SSSR count). The number of carbonyl (C=O) groups is 2. The molecule has 1 aromatic carbocycles. The van der Waals surface area contributed by atoms with Gasteiger partial charge in [-0.1, -0.05) is 32.9 Å². The first kappa shape index (κ1) is 21.0. The van der Waals surface area contributed by atoms with E-state index in [-0.39, 0.29) is 17.8 Å². The third-order valence-corrected chi connectivity index (χ3v) is 4.02. The Morgan fingerprint density at radius 1 is 1.12 bits per heavy atom. The first-order valence-corrected chi connectivity index (χ1v) is 8.94. The molecule has 0 fully saturated rings. The minimum absolute atomic E-state index is 0.0283. The molecule has 1 amide bonds. The summed E-state index contributed by atoms with van der Waals surface area (Å²) in [5.41, 5.74) is 0.939. The van der Waals surface area contributed by atoms with Gasteiger partial charge in [-0.15, -0.1) is 0 Å². The van der Waals surface area contributed by atoms with Crippen LogP contribution in [0.25, 0.3) is 0 Å². The standard InChI is InChI=1S/C20H31NO4/c1-6-25-18-9-7-17(8-10-18)13-19(22)21(12-11-15(2)3)14-16(4)20(23)24-5/h7-10,15-16H,6,11-14H2,1-5H3. The Morgan fingerprint density at radius 3 is 2.28 bits per heavy atom. The molecule has 140 valence electrons. The Morgan fingerprint density at radius 2 is 1.76 bits per heavy atom. The van der Waals surface area contributed by atoms with Crippen molar-refractivity contribution in [3.8, 4) is 5.75 Å². The lowest BCUT2D eigenvalue weighted by Gasteiger charge is -2.26. The van der Waals surface area contributed by atoms with Crippen LogP contribution in [0.1, 0.15) is 39.7 Å². The summed E-state index contributed by atoms with van der Waals surface area (Å²) in [5, 5.41) is 0. The van der Waals surface area contributed by atoms with Crippen molar-refractivity contribution in [2.45, 2.75) is 40.5 Å². The lowest BCUT2D eigenvalue weighted by molar-refractivity contribution is -0.146. The fraction of sp³-hybridized carbons (Fsp3) is 0.600. The molecule has 1 aromatic rings. The Bertz CT molecular complexity index is 539. The van der Waals surface area contributed by atoms with Gasteiger partial charge in [-0.05, 0) is 37.0 Å². The van der Waals surface area contributed by atoms with Gasteiger partial charge in [0.2, 0.25) is 5.91 Å². The van der Waals surface area contributed by atoms with Crippen molar-refractivity contribution < 1.29 is 19.1 Å². The fourth-order valence-corrected chi connectivity index (χ4v) is 2.49. The van der Waals surface area contributed by atoms with E-state index in [0.717, 1.165) is 17.7 Å². The summed E-state index contributed by atoms with van der Waals surface area (Å²) in [6, 6.07) is 7.57. The third-order valence-electron chi connectivity index (χ3n) is 4.02. The van der Waals surface area contributed by atoms with Gasteiger partial charge in [0.15, 0.2) is 0 Å². The second-order valence-corrected chi connectivity index (χ2v) is 6.70. The van der Waals surface area contributed by atoms with Crippen LogP contribution in [0.15, 0.2) is 24.3 Å². The van der Waals surface area contributed by atoms with Crippen LogP contribution in [0.4, 0.5) is 0 Å². The first-order chi connectivity index (χ1) is 11.9. The lowest BCUT2D eigenvalue weighted by atomic mass is 10.1. The Labute approximate surface area is 151 Å². The average Bonchev–Trinajstić information content (AvgIpc) is 2.59. The number of hydrogen-bond acceptors (Lipinski definition) is 4. The maximum absolute atomic E-state index is 12.7. The van der Waals surface area contributed by atoms with Crippen molar-refractivity contribution in [2.24, 2.45) is 11.8 Å². The molecule has 0 spiro atoms. The lowest BCUT2D eigenvalue weighted by Crippen LogP contribution is -2.39. The zero-order chi connectivity index (χ0) is 18.8. The molecule has 5 heteroatoms. The fourth-order valence-electron chi connectivity index (χ4n) is 2.49. The summed E-state index contributed by atoms with van der Waals surface area (Å²) in [4.78, 5) is 26.2. The first-order valence-electron chi connectivity index (χ1n) is 8.94. The molecule has 5 nitrogen and oxygen atoms in total. The van der Waals surface area contributed by atoms with Gasteiger partial charge in [0, 0.05) is 13.1 Å². The predicted molar refractivity (Wildman–Crippen MR) is 98.5 cm³/mol. The van der Waals surface area contributed by atoms with E-state index < -0.39 is 0 Å². The number of nitrogens with zero attached hydrogens (tertiary/aromatic N) is 1. The number of carbonyl (C=O) groups excluding carboxylic acids is 2. The van der Waals surface area contributed by atoms with Crippen molar-refractivity contribution in [1.82, 2.24) is 4.90 Å². The largest absolute Gasteiger partial charge is 0.494 e. The van der Waals surface area contributed by atoms with Crippen LogP contribution in [0.3, 0.4) is 0 Å². The zero-order valence-corrected chi connectivity index (χ0v) is 16.1. The van der Waals surface area contributed by atoms with Crippen LogP contribution in [0.2, 0.25) is 0 Å². The van der Waals surface area contributed by atoms with E-state index in [9.17, 15) is 9.59 Å². The summed E-state index contributed by atoms with van der Waals surface area (Å²) < 4.78 is 10.2. The molecule has 0 aliphatic heterocycles. The quantitative estimate of drug-likeness (QED) is 0.608. The summed E-state index contributed by atoms with van der Waals surface area (Å²) in [7, 11) is 1.37. The highest BCUT2D eigenvalue weighted by Crippen LogP contribution is 2.14. The highest BCUT2D eigenvalue weighted by Gasteiger charge is 2.21. The van der Waals surface area contributed by atoms with E-state index in [2.05, 4.69) is 13.8 Å². The zero-order valence-electron chi connectivity index (χ0n) is 16.1. The van der Waals surface area contributed by atoms with Crippen LogP contribution < -0.4 is 4.74 Å². The Kier molecular flexibility index (Phi) is 9.03. The van der Waals surface area contributed by atoms with Gasteiger partial charge < -0.3 is 14.4 Å². The van der Waals surface area contributed by atoms with Crippen LogP contribution in [-0.4, -0.2) is 43.6 Å². The minimum Gasteiger partial charge on any atom is -0.494 e. The summed E-state index contributed by atoms with van der Waals surface area (Å²) in [6.07, 6.45) is 1.22. The molecule has 1 unspecified atom stereocenters. The molecular formula is C20H31NO4. The number of benzene rings is 1. The Hall–Kier alpha value is -2.04. The van der Waals surface area contributed by atoms with Crippen molar-refractivity contribution in [3.05, 3.63) is 29.8 Å². The van der Waals surface area contributed by atoms with Crippen LogP contribution >= 0.6 is 0 Å². The van der Waals surface area contributed by atoms with Gasteiger partial charge in [-0.3, -0.25) is 9.59 Å². The molecule has 0 N–H and O–H groups in total. The van der Waals surface area contributed by atoms with Crippen LogP contribution in [0, 0.1) is 11.8 Å². The summed E-state index contributed by atoms with van der Waals surface area (Å²) in [6.45, 7) is 9.62. The minimum atomic E-state index is -0.332. The number of esters is 1. The monoisotopic (exact) mass is 349 g/mol. The molecule has 0 radical (unpaired) electrons. The van der Waals surface area contributed by atoms with E-state index in [1.807, 2.05) is 31.2 Å². The molecule has 0 saturated carbocycles. The maximum atomic E-state index is 12.7. The molecule has 0 aromatic heterocycles. The summed E-state index contributed by atoms with van der Waals surface area (Å²) in [5.74, 6) is 0.703. The van der Waals surface area contributed by atoms with Crippen molar-refractivity contribution in [2.75, 3.05) is 26.8 Å². The van der Waals surface area contributed by atoms with E-state index >= 15 is 0 Å². The highest BCUT2D eigenvalue weighted by atomic mass is 16.5. The molecule has 25 heavy (non-hydrogen) atoms. The number of amides is 1. The second kappa shape index (κ2) is 10.7. The van der Waals surface area contributed by atoms with Gasteiger partial charge in [-0.25, -0.2) is 0 Å². The smallest absolute Gasteiger partial charge is 0.310 e. The molecule has 0 aliphatic rings.